The molecule has 2 aromatic rings. The predicted octanol–water partition coefficient (Wildman–Crippen LogP) is 3.12. The summed E-state index contributed by atoms with van der Waals surface area (Å²) in [5, 5.41) is 12.7. The van der Waals surface area contributed by atoms with E-state index in [1.54, 1.807) is 19.2 Å². The highest BCUT2D eigenvalue weighted by Gasteiger charge is 2.46. The van der Waals surface area contributed by atoms with Crippen molar-refractivity contribution in [3.05, 3.63) is 63.4 Å². The number of aliphatic hydroxyl groups excluding tert-OH is 1. The van der Waals surface area contributed by atoms with E-state index in [-0.39, 0.29) is 17.9 Å². The molecule has 1 amide bonds. The van der Waals surface area contributed by atoms with E-state index in [1.165, 1.54) is 16.2 Å². The molecule has 0 saturated carbocycles. The van der Waals surface area contributed by atoms with Crippen molar-refractivity contribution in [2.24, 2.45) is 0 Å². The number of nitrogens with zero attached hydrogens (tertiary/aromatic N) is 1. The summed E-state index contributed by atoms with van der Waals surface area (Å²) in [6.45, 7) is 2.55. The molecule has 1 aromatic carbocycles. The summed E-state index contributed by atoms with van der Waals surface area (Å²) in [7, 11) is 1.54. The molecule has 6 heteroatoms. The fourth-order valence-electron chi connectivity index (χ4n) is 2.91. The summed E-state index contributed by atoms with van der Waals surface area (Å²) in [5.41, 5.74) is 1.70. The molecule has 2 heterocycles. The average Bonchev–Trinajstić information content (AvgIpc) is 3.21. The van der Waals surface area contributed by atoms with Gasteiger partial charge < -0.3 is 14.7 Å². The number of aryl methyl sites for hydroxylation is 1. The van der Waals surface area contributed by atoms with E-state index in [9.17, 15) is 14.7 Å². The summed E-state index contributed by atoms with van der Waals surface area (Å²) in [6.07, 6.45) is 0. The van der Waals surface area contributed by atoms with Crippen LogP contribution in [0.25, 0.3) is 5.76 Å². The zero-order valence-electron chi connectivity index (χ0n) is 14.1. The number of thiophene rings is 1. The first-order valence-electron chi connectivity index (χ1n) is 7.92. The van der Waals surface area contributed by atoms with Crippen molar-refractivity contribution in [2.75, 3.05) is 20.3 Å². The van der Waals surface area contributed by atoms with Crippen molar-refractivity contribution < 1.29 is 19.4 Å². The average molecular weight is 357 g/mol. The van der Waals surface area contributed by atoms with Crippen molar-refractivity contribution in [3.8, 4) is 0 Å². The van der Waals surface area contributed by atoms with Crippen molar-refractivity contribution in [3.63, 3.8) is 0 Å². The molecule has 1 fully saturated rings. The van der Waals surface area contributed by atoms with E-state index in [1.807, 2.05) is 36.6 Å². The quantitative estimate of drug-likeness (QED) is 0.507. The van der Waals surface area contributed by atoms with Gasteiger partial charge in [-0.15, -0.1) is 11.3 Å². The molecule has 1 N–H and O–H groups in total. The highest BCUT2D eigenvalue weighted by atomic mass is 32.1. The molecule has 25 heavy (non-hydrogen) atoms. The molecular formula is C19H19NO4S. The van der Waals surface area contributed by atoms with Crippen LogP contribution in [0.4, 0.5) is 0 Å². The number of methoxy groups -OCH3 is 1. The van der Waals surface area contributed by atoms with Crippen LogP contribution in [0, 0.1) is 6.92 Å². The number of amides is 1. The van der Waals surface area contributed by atoms with Crippen molar-refractivity contribution in [1.29, 1.82) is 0 Å². The number of rotatable bonds is 5. The van der Waals surface area contributed by atoms with E-state index < -0.39 is 17.7 Å². The molecule has 1 atom stereocenters. The van der Waals surface area contributed by atoms with Gasteiger partial charge in [-0.1, -0.05) is 35.9 Å². The molecule has 1 aromatic heterocycles. The van der Waals surface area contributed by atoms with E-state index in [4.69, 9.17) is 4.74 Å². The van der Waals surface area contributed by atoms with Crippen molar-refractivity contribution in [1.82, 2.24) is 4.90 Å². The SMILES string of the molecule is COCCN1C(=O)C(=O)/C(=C(\O)c2ccc(C)cc2)C1c1cccs1. The van der Waals surface area contributed by atoms with Crippen molar-refractivity contribution in [2.45, 2.75) is 13.0 Å². The molecular weight excluding hydrogens is 338 g/mol. The van der Waals surface area contributed by atoms with Crippen LogP contribution >= 0.6 is 11.3 Å². The molecule has 1 saturated heterocycles. The van der Waals surface area contributed by atoms with E-state index >= 15 is 0 Å². The first kappa shape index (κ1) is 17.4. The maximum atomic E-state index is 12.6. The summed E-state index contributed by atoms with van der Waals surface area (Å²) in [4.78, 5) is 27.4. The Morgan fingerprint density at radius 1 is 1.24 bits per heavy atom. The van der Waals surface area contributed by atoms with Crippen LogP contribution in [-0.2, 0) is 14.3 Å². The second-order valence-electron chi connectivity index (χ2n) is 5.87. The Morgan fingerprint density at radius 2 is 1.96 bits per heavy atom. The number of carbonyl (C=O) groups is 2. The zero-order valence-corrected chi connectivity index (χ0v) is 14.9. The molecule has 0 bridgehead atoms. The Labute approximate surface area is 150 Å². The summed E-state index contributed by atoms with van der Waals surface area (Å²) < 4.78 is 5.07. The Hall–Kier alpha value is -2.44. The number of benzene rings is 1. The van der Waals surface area contributed by atoms with Gasteiger partial charge in [0.05, 0.1) is 18.2 Å². The van der Waals surface area contributed by atoms with Crippen LogP contribution in [0.3, 0.4) is 0 Å². The molecule has 0 spiro atoms. The molecule has 130 valence electrons. The fraction of sp³-hybridized carbons (Fsp3) is 0.263. The number of hydrogen-bond acceptors (Lipinski definition) is 5. The second-order valence-corrected chi connectivity index (χ2v) is 6.85. The monoisotopic (exact) mass is 357 g/mol. The lowest BCUT2D eigenvalue weighted by Crippen LogP contribution is -2.32. The lowest BCUT2D eigenvalue weighted by molar-refractivity contribution is -0.140. The van der Waals surface area contributed by atoms with Crippen LogP contribution in [0.2, 0.25) is 0 Å². The number of hydrogen-bond donors (Lipinski definition) is 1. The number of carbonyl (C=O) groups excluding carboxylic acids is 2. The third kappa shape index (κ3) is 3.23. The Morgan fingerprint density at radius 3 is 2.56 bits per heavy atom. The third-order valence-electron chi connectivity index (χ3n) is 4.21. The first-order valence-corrected chi connectivity index (χ1v) is 8.80. The van der Waals surface area contributed by atoms with Crippen LogP contribution < -0.4 is 0 Å². The lowest BCUT2D eigenvalue weighted by Gasteiger charge is -2.23. The fourth-order valence-corrected chi connectivity index (χ4v) is 3.76. The maximum absolute atomic E-state index is 12.6. The van der Waals surface area contributed by atoms with Gasteiger partial charge in [-0.05, 0) is 18.4 Å². The van der Waals surface area contributed by atoms with E-state index in [2.05, 4.69) is 0 Å². The zero-order chi connectivity index (χ0) is 18.0. The normalized spacial score (nSPS) is 19.6. The predicted molar refractivity (Wildman–Crippen MR) is 96.4 cm³/mol. The standard InChI is InChI=1S/C19H19NO4S/c1-12-5-7-13(8-6-12)17(21)15-16(14-4-3-11-25-14)20(9-10-24-2)19(23)18(15)22/h3-8,11,16,21H,9-10H2,1-2H3/b17-15-. The van der Waals surface area contributed by atoms with Gasteiger partial charge in [-0.25, -0.2) is 0 Å². The smallest absolute Gasteiger partial charge is 0.295 e. The number of ketones is 1. The highest BCUT2D eigenvalue weighted by Crippen LogP contribution is 2.40. The number of aliphatic hydroxyl groups is 1. The van der Waals surface area contributed by atoms with Crippen LogP contribution in [0.5, 0.6) is 0 Å². The van der Waals surface area contributed by atoms with Gasteiger partial charge in [0.25, 0.3) is 11.7 Å². The van der Waals surface area contributed by atoms with Crippen LogP contribution in [0.1, 0.15) is 22.0 Å². The minimum absolute atomic E-state index is 0.132. The van der Waals surface area contributed by atoms with Gasteiger partial charge in [-0.3, -0.25) is 9.59 Å². The largest absolute Gasteiger partial charge is 0.507 e. The Balaban J connectivity index is 2.11. The number of ether oxygens (including phenoxy) is 1. The van der Waals surface area contributed by atoms with Gasteiger partial charge in [0, 0.05) is 24.1 Å². The molecule has 1 aliphatic heterocycles. The minimum atomic E-state index is -0.660. The Kier molecular flexibility index (Phi) is 5.01. The van der Waals surface area contributed by atoms with Gasteiger partial charge in [0.15, 0.2) is 0 Å². The van der Waals surface area contributed by atoms with E-state index in [0.29, 0.717) is 12.2 Å². The van der Waals surface area contributed by atoms with Gasteiger partial charge in [0.2, 0.25) is 0 Å². The second kappa shape index (κ2) is 7.21. The molecule has 0 radical (unpaired) electrons. The third-order valence-corrected chi connectivity index (χ3v) is 5.14. The van der Waals surface area contributed by atoms with Gasteiger partial charge in [0.1, 0.15) is 5.76 Å². The topological polar surface area (TPSA) is 66.8 Å². The number of Topliss-reactive ketones (excluding diaryl/α,β-unsaturated/α-hetero) is 1. The van der Waals surface area contributed by atoms with E-state index in [0.717, 1.165) is 10.4 Å². The highest BCUT2D eigenvalue weighted by molar-refractivity contribution is 7.10. The summed E-state index contributed by atoms with van der Waals surface area (Å²) >= 11 is 1.45. The Bertz CT molecular complexity index is 808. The molecule has 3 rings (SSSR count). The number of likely N-dealkylation sites (tertiary alicyclic amines) is 1. The van der Waals surface area contributed by atoms with Crippen LogP contribution in [-0.4, -0.2) is 42.0 Å². The maximum Gasteiger partial charge on any atom is 0.295 e. The molecule has 1 unspecified atom stereocenters. The minimum Gasteiger partial charge on any atom is -0.507 e. The van der Waals surface area contributed by atoms with Crippen molar-refractivity contribution >= 4 is 28.8 Å². The van der Waals surface area contributed by atoms with Crippen LogP contribution in [0.15, 0.2) is 47.4 Å². The molecule has 5 nitrogen and oxygen atoms in total. The van der Waals surface area contributed by atoms with Gasteiger partial charge in [-0.2, -0.15) is 0 Å². The molecule has 0 aliphatic carbocycles. The van der Waals surface area contributed by atoms with Gasteiger partial charge >= 0.3 is 0 Å². The lowest BCUT2D eigenvalue weighted by atomic mass is 9.99. The molecule has 1 aliphatic rings. The summed E-state index contributed by atoms with van der Waals surface area (Å²) in [5.74, 6) is -1.41. The first-order chi connectivity index (χ1) is 12.0. The summed E-state index contributed by atoms with van der Waals surface area (Å²) in [6, 6.07) is 10.4.